The van der Waals surface area contributed by atoms with E-state index in [1.54, 1.807) is 6.92 Å². The molecule has 0 aliphatic heterocycles. The minimum absolute atomic E-state index is 0.296. The molecule has 0 radical (unpaired) electrons. The van der Waals surface area contributed by atoms with Crippen molar-refractivity contribution >= 4 is 0 Å². The lowest BCUT2D eigenvalue weighted by atomic mass is 9.81. The highest BCUT2D eigenvalue weighted by atomic mass is 19.2. The minimum Gasteiger partial charge on any atom is -0.503 e. The Kier molecular flexibility index (Phi) is 3.17. The molecule has 1 nitrogen and oxygen atoms in total. The van der Waals surface area contributed by atoms with Crippen LogP contribution in [0, 0.1) is 23.3 Å². The Balaban J connectivity index is 3.65. The van der Waals surface area contributed by atoms with Crippen LogP contribution in [0.5, 0.6) is 5.75 Å². The number of aromatic hydroxyl groups is 1. The van der Waals surface area contributed by atoms with Crippen LogP contribution in [0.2, 0.25) is 0 Å². The Hall–Kier alpha value is -1.26. The number of hydrogen-bond donors (Lipinski definition) is 1. The maximum Gasteiger partial charge on any atom is 0.203 e. The molecule has 0 amide bonds. The molecule has 1 aromatic rings. The van der Waals surface area contributed by atoms with Gasteiger partial charge in [-0.15, -0.1) is 0 Å². The van der Waals surface area contributed by atoms with Crippen molar-refractivity contribution in [2.75, 3.05) is 0 Å². The predicted octanol–water partition coefficient (Wildman–Crippen LogP) is 3.64. The molecule has 0 saturated carbocycles. The first-order chi connectivity index (χ1) is 7.24. The summed E-state index contributed by atoms with van der Waals surface area (Å²) in [4.78, 5) is 0. The third-order valence-corrected chi connectivity index (χ3v) is 2.80. The van der Waals surface area contributed by atoms with Gasteiger partial charge in [-0.2, -0.15) is 8.78 Å². The van der Waals surface area contributed by atoms with E-state index in [0.29, 0.717) is 6.42 Å². The molecule has 0 heterocycles. The molecule has 0 aliphatic rings. The number of benzene rings is 1. The van der Waals surface area contributed by atoms with Gasteiger partial charge < -0.3 is 5.11 Å². The quantitative estimate of drug-likeness (QED) is 0.614. The van der Waals surface area contributed by atoms with Crippen LogP contribution in [0.3, 0.4) is 0 Å². The van der Waals surface area contributed by atoms with E-state index < -0.39 is 40.0 Å². The third-order valence-electron chi connectivity index (χ3n) is 2.80. The molecular formula is C11H12F4O. The molecule has 0 atom stereocenters. The van der Waals surface area contributed by atoms with Gasteiger partial charge in [0.1, 0.15) is 0 Å². The number of phenols is 1. The second-order valence-corrected chi connectivity index (χ2v) is 4.22. The molecule has 0 aromatic heterocycles. The first kappa shape index (κ1) is 12.8. The Morgan fingerprint density at radius 2 is 1.31 bits per heavy atom. The molecule has 0 spiro atoms. The second-order valence-electron chi connectivity index (χ2n) is 4.22. The molecule has 0 saturated heterocycles. The highest BCUT2D eigenvalue weighted by molar-refractivity contribution is 5.37. The van der Waals surface area contributed by atoms with Gasteiger partial charge >= 0.3 is 0 Å². The largest absolute Gasteiger partial charge is 0.503 e. The van der Waals surface area contributed by atoms with Gasteiger partial charge in [-0.3, -0.25) is 0 Å². The Labute approximate surface area is 90.7 Å². The van der Waals surface area contributed by atoms with Crippen molar-refractivity contribution < 1.29 is 22.7 Å². The monoisotopic (exact) mass is 236 g/mol. The van der Waals surface area contributed by atoms with Gasteiger partial charge in [-0.05, 0) is 11.8 Å². The van der Waals surface area contributed by atoms with E-state index in [-0.39, 0.29) is 0 Å². The maximum absolute atomic E-state index is 13.4. The molecule has 0 bridgehead atoms. The van der Waals surface area contributed by atoms with E-state index in [1.807, 2.05) is 0 Å². The zero-order valence-electron chi connectivity index (χ0n) is 9.17. The molecule has 1 rings (SSSR count). The predicted molar refractivity (Wildman–Crippen MR) is 51.3 cm³/mol. The van der Waals surface area contributed by atoms with Crippen molar-refractivity contribution in [3.63, 3.8) is 0 Å². The van der Waals surface area contributed by atoms with Crippen LogP contribution in [0.1, 0.15) is 32.8 Å². The zero-order valence-corrected chi connectivity index (χ0v) is 9.17. The van der Waals surface area contributed by atoms with Crippen molar-refractivity contribution in [2.24, 2.45) is 0 Å². The summed E-state index contributed by atoms with van der Waals surface area (Å²) in [6.07, 6.45) is 0.296. The maximum atomic E-state index is 13.4. The summed E-state index contributed by atoms with van der Waals surface area (Å²) in [5, 5.41) is 8.80. The molecule has 0 unspecified atom stereocenters. The summed E-state index contributed by atoms with van der Waals surface area (Å²) in [5.41, 5.74) is -1.73. The summed E-state index contributed by atoms with van der Waals surface area (Å²) in [7, 11) is 0. The van der Waals surface area contributed by atoms with E-state index in [2.05, 4.69) is 0 Å². The molecule has 0 fully saturated rings. The topological polar surface area (TPSA) is 20.2 Å². The van der Waals surface area contributed by atoms with Gasteiger partial charge in [0.25, 0.3) is 0 Å². The summed E-state index contributed by atoms with van der Waals surface area (Å²) >= 11 is 0. The molecule has 90 valence electrons. The summed E-state index contributed by atoms with van der Waals surface area (Å²) in [6, 6.07) is 0. The number of halogens is 4. The Morgan fingerprint density at radius 3 is 1.62 bits per heavy atom. The summed E-state index contributed by atoms with van der Waals surface area (Å²) < 4.78 is 53.0. The molecule has 1 N–H and O–H groups in total. The lowest BCUT2D eigenvalue weighted by Crippen LogP contribution is -2.21. The van der Waals surface area contributed by atoms with Crippen LogP contribution in [0.15, 0.2) is 0 Å². The number of phenolic OH excluding ortho intramolecular Hbond substituents is 1. The standard InChI is InChI=1S/C11H12F4O/c1-4-11(2,3)5-6(12)8(14)10(16)9(15)7(5)13/h16H,4H2,1-3H3. The van der Waals surface area contributed by atoms with Crippen LogP contribution in [0.25, 0.3) is 0 Å². The number of rotatable bonds is 2. The fourth-order valence-corrected chi connectivity index (χ4v) is 1.39. The van der Waals surface area contributed by atoms with E-state index >= 15 is 0 Å². The van der Waals surface area contributed by atoms with Gasteiger partial charge in [0.2, 0.25) is 11.6 Å². The Bertz CT molecular complexity index is 397. The summed E-state index contributed by atoms with van der Waals surface area (Å²) in [5.74, 6) is -8.21. The van der Waals surface area contributed by atoms with Crippen LogP contribution < -0.4 is 0 Å². The van der Waals surface area contributed by atoms with Gasteiger partial charge in [0.05, 0.1) is 0 Å². The fourth-order valence-electron chi connectivity index (χ4n) is 1.39. The molecular weight excluding hydrogens is 224 g/mol. The molecule has 1 aromatic carbocycles. The first-order valence-corrected chi connectivity index (χ1v) is 4.79. The zero-order chi connectivity index (χ0) is 12.7. The second kappa shape index (κ2) is 3.96. The van der Waals surface area contributed by atoms with Crippen molar-refractivity contribution in [3.8, 4) is 5.75 Å². The highest BCUT2D eigenvalue weighted by Crippen LogP contribution is 2.37. The van der Waals surface area contributed by atoms with E-state index in [0.717, 1.165) is 0 Å². The van der Waals surface area contributed by atoms with Crippen molar-refractivity contribution in [1.82, 2.24) is 0 Å². The molecule has 16 heavy (non-hydrogen) atoms. The van der Waals surface area contributed by atoms with Crippen LogP contribution in [0.4, 0.5) is 17.6 Å². The van der Waals surface area contributed by atoms with E-state index in [4.69, 9.17) is 5.11 Å². The van der Waals surface area contributed by atoms with Gasteiger partial charge in [0, 0.05) is 5.56 Å². The van der Waals surface area contributed by atoms with Gasteiger partial charge in [-0.25, -0.2) is 8.78 Å². The summed E-state index contributed by atoms with van der Waals surface area (Å²) in [6.45, 7) is 4.57. The van der Waals surface area contributed by atoms with Crippen LogP contribution in [-0.2, 0) is 5.41 Å². The van der Waals surface area contributed by atoms with Gasteiger partial charge in [-0.1, -0.05) is 20.8 Å². The van der Waals surface area contributed by atoms with Crippen molar-refractivity contribution in [3.05, 3.63) is 28.8 Å². The lowest BCUT2D eigenvalue weighted by Gasteiger charge is -2.25. The minimum atomic E-state index is -1.75. The van der Waals surface area contributed by atoms with Gasteiger partial charge in [0.15, 0.2) is 17.4 Å². The average molecular weight is 236 g/mol. The van der Waals surface area contributed by atoms with Crippen molar-refractivity contribution in [2.45, 2.75) is 32.6 Å². The highest BCUT2D eigenvalue weighted by Gasteiger charge is 2.33. The number of hydrogen-bond acceptors (Lipinski definition) is 1. The Morgan fingerprint density at radius 1 is 0.938 bits per heavy atom. The molecule has 0 aliphatic carbocycles. The van der Waals surface area contributed by atoms with Crippen LogP contribution in [-0.4, -0.2) is 5.11 Å². The normalized spacial score (nSPS) is 11.9. The molecule has 5 heteroatoms. The smallest absolute Gasteiger partial charge is 0.203 e. The first-order valence-electron chi connectivity index (χ1n) is 4.79. The average Bonchev–Trinajstić information content (AvgIpc) is 2.23. The van der Waals surface area contributed by atoms with Crippen LogP contribution >= 0.6 is 0 Å². The van der Waals surface area contributed by atoms with E-state index in [1.165, 1.54) is 13.8 Å². The van der Waals surface area contributed by atoms with E-state index in [9.17, 15) is 17.6 Å². The fraction of sp³-hybridized carbons (Fsp3) is 0.455. The lowest BCUT2D eigenvalue weighted by molar-refractivity contribution is 0.333. The third kappa shape index (κ3) is 1.74. The van der Waals surface area contributed by atoms with Crippen molar-refractivity contribution in [1.29, 1.82) is 0 Å². The SMILES string of the molecule is CCC(C)(C)c1c(F)c(F)c(O)c(F)c1F.